The first-order chi connectivity index (χ1) is 5.12. The summed E-state index contributed by atoms with van der Waals surface area (Å²) in [6.45, 7) is 3.96. The van der Waals surface area contributed by atoms with Crippen LogP contribution < -0.4 is 0 Å². The second-order valence-electron chi connectivity index (χ2n) is 3.50. The molecule has 0 radical (unpaired) electrons. The van der Waals surface area contributed by atoms with Gasteiger partial charge in [0.15, 0.2) is 0 Å². The van der Waals surface area contributed by atoms with Crippen LogP contribution in [0.4, 0.5) is 0 Å². The van der Waals surface area contributed by atoms with Gasteiger partial charge in [-0.25, -0.2) is 0 Å². The van der Waals surface area contributed by atoms with E-state index >= 15 is 0 Å². The largest absolute Gasteiger partial charge is 0.198 e. The number of alkyl halides is 1. The summed E-state index contributed by atoms with van der Waals surface area (Å²) in [5, 5.41) is 8.67. The Hall–Kier alpha value is -0.220. The van der Waals surface area contributed by atoms with Gasteiger partial charge in [0, 0.05) is 5.88 Å². The number of halogens is 1. The van der Waals surface area contributed by atoms with Gasteiger partial charge in [-0.05, 0) is 26.7 Å². The number of nitrogens with zero attached hydrogens (tertiary/aromatic N) is 1. The van der Waals surface area contributed by atoms with Crippen LogP contribution in [0.25, 0.3) is 0 Å². The van der Waals surface area contributed by atoms with Crippen LogP contribution in [0.2, 0.25) is 0 Å². The highest BCUT2D eigenvalue weighted by atomic mass is 35.5. The van der Waals surface area contributed by atoms with Crippen molar-refractivity contribution in [3.63, 3.8) is 0 Å². The first-order valence-corrected chi connectivity index (χ1v) is 4.63. The molecule has 0 spiro atoms. The Morgan fingerprint density at radius 2 is 1.91 bits per heavy atom. The summed E-state index contributed by atoms with van der Waals surface area (Å²) in [5.74, 6) is 0.743. The molecule has 0 aromatic rings. The molecule has 0 fully saturated rings. The summed E-state index contributed by atoms with van der Waals surface area (Å²) in [5.41, 5.74) is -0.147. The second kappa shape index (κ2) is 5.43. The minimum Gasteiger partial charge on any atom is -0.198 e. The Morgan fingerprint density at radius 1 is 1.27 bits per heavy atom. The van der Waals surface area contributed by atoms with Gasteiger partial charge < -0.3 is 0 Å². The molecule has 0 aromatic heterocycles. The monoisotopic (exact) mass is 173 g/mol. The summed E-state index contributed by atoms with van der Waals surface area (Å²) in [4.78, 5) is 0. The zero-order chi connectivity index (χ0) is 8.74. The molecule has 1 nitrogen and oxygen atoms in total. The van der Waals surface area contributed by atoms with Crippen LogP contribution in [-0.2, 0) is 0 Å². The molecule has 0 aliphatic heterocycles. The van der Waals surface area contributed by atoms with Gasteiger partial charge in [0.2, 0.25) is 0 Å². The average Bonchev–Trinajstić information content (AvgIpc) is 1.99. The predicted molar refractivity (Wildman–Crippen MR) is 48.6 cm³/mol. The molecular weight excluding hydrogens is 158 g/mol. The molecule has 0 rings (SSSR count). The molecule has 0 atom stereocenters. The van der Waals surface area contributed by atoms with Crippen LogP contribution in [-0.4, -0.2) is 5.88 Å². The lowest BCUT2D eigenvalue weighted by molar-refractivity contribution is 0.426. The maximum absolute atomic E-state index is 8.67. The van der Waals surface area contributed by atoms with Crippen molar-refractivity contribution in [1.29, 1.82) is 5.26 Å². The van der Waals surface area contributed by atoms with Gasteiger partial charge >= 0.3 is 0 Å². The van der Waals surface area contributed by atoms with Crippen molar-refractivity contribution < 1.29 is 0 Å². The Balaban J connectivity index is 3.32. The van der Waals surface area contributed by atoms with E-state index in [1.54, 1.807) is 0 Å². The molecule has 0 heterocycles. The van der Waals surface area contributed by atoms with Crippen LogP contribution in [0.5, 0.6) is 0 Å². The summed E-state index contributed by atoms with van der Waals surface area (Å²) < 4.78 is 0. The second-order valence-corrected chi connectivity index (χ2v) is 3.87. The van der Waals surface area contributed by atoms with Crippen molar-refractivity contribution in [2.45, 2.75) is 39.5 Å². The third-order valence-corrected chi connectivity index (χ3v) is 2.01. The predicted octanol–water partition coefficient (Wildman–Crippen LogP) is 3.34. The third kappa shape index (κ3) is 6.19. The van der Waals surface area contributed by atoms with E-state index in [4.69, 9.17) is 16.9 Å². The van der Waals surface area contributed by atoms with Gasteiger partial charge in [0.25, 0.3) is 0 Å². The maximum atomic E-state index is 8.67. The number of nitriles is 1. The van der Waals surface area contributed by atoms with E-state index in [0.717, 1.165) is 31.6 Å². The van der Waals surface area contributed by atoms with Gasteiger partial charge in [-0.15, -0.1) is 11.6 Å². The van der Waals surface area contributed by atoms with E-state index in [2.05, 4.69) is 6.07 Å². The van der Waals surface area contributed by atoms with Crippen molar-refractivity contribution in [2.24, 2.45) is 5.41 Å². The Kier molecular flexibility index (Phi) is 5.32. The Bertz CT molecular complexity index is 135. The van der Waals surface area contributed by atoms with Crippen molar-refractivity contribution >= 4 is 11.6 Å². The minimum absolute atomic E-state index is 0.147. The standard InChI is InChI=1S/C9H16ClN/c1-9(2,8-11)6-4-3-5-7-10/h3-7H2,1-2H3. The molecule has 0 saturated carbocycles. The first kappa shape index (κ1) is 10.8. The lowest BCUT2D eigenvalue weighted by Crippen LogP contribution is -2.06. The van der Waals surface area contributed by atoms with Crippen LogP contribution in [0, 0.1) is 16.7 Å². The Labute approximate surface area is 74.4 Å². The molecular formula is C9H16ClN. The van der Waals surface area contributed by atoms with Gasteiger partial charge in [-0.2, -0.15) is 5.26 Å². The van der Waals surface area contributed by atoms with E-state index < -0.39 is 0 Å². The van der Waals surface area contributed by atoms with E-state index in [0.29, 0.717) is 0 Å². The van der Waals surface area contributed by atoms with Crippen molar-refractivity contribution in [3.05, 3.63) is 0 Å². The van der Waals surface area contributed by atoms with Crippen molar-refractivity contribution in [2.75, 3.05) is 5.88 Å². The fourth-order valence-corrected chi connectivity index (χ4v) is 1.08. The highest BCUT2D eigenvalue weighted by Gasteiger charge is 2.14. The molecule has 0 aliphatic rings. The SMILES string of the molecule is CC(C)(C#N)CCCCCCl. The van der Waals surface area contributed by atoms with Crippen LogP contribution in [0.1, 0.15) is 39.5 Å². The molecule has 0 aromatic carbocycles. The zero-order valence-electron chi connectivity index (χ0n) is 7.36. The van der Waals surface area contributed by atoms with Gasteiger partial charge in [-0.3, -0.25) is 0 Å². The molecule has 0 saturated heterocycles. The highest BCUT2D eigenvalue weighted by Crippen LogP contribution is 2.21. The molecule has 0 unspecified atom stereocenters. The fourth-order valence-electron chi connectivity index (χ4n) is 0.894. The lowest BCUT2D eigenvalue weighted by atomic mass is 9.89. The summed E-state index contributed by atoms with van der Waals surface area (Å²) in [7, 11) is 0. The zero-order valence-corrected chi connectivity index (χ0v) is 8.12. The fraction of sp³-hybridized carbons (Fsp3) is 0.889. The average molecular weight is 174 g/mol. The van der Waals surface area contributed by atoms with Gasteiger partial charge in [0.1, 0.15) is 0 Å². The third-order valence-electron chi connectivity index (χ3n) is 1.74. The van der Waals surface area contributed by atoms with E-state index in [1.807, 2.05) is 13.8 Å². The number of hydrogen-bond donors (Lipinski definition) is 0. The van der Waals surface area contributed by atoms with Gasteiger partial charge in [0.05, 0.1) is 11.5 Å². The molecule has 64 valence electrons. The highest BCUT2D eigenvalue weighted by molar-refractivity contribution is 6.17. The smallest absolute Gasteiger partial charge is 0.0683 e. The molecule has 11 heavy (non-hydrogen) atoms. The molecule has 0 amide bonds. The number of rotatable bonds is 5. The molecule has 2 heteroatoms. The van der Waals surface area contributed by atoms with Crippen molar-refractivity contribution in [1.82, 2.24) is 0 Å². The number of hydrogen-bond acceptors (Lipinski definition) is 1. The van der Waals surface area contributed by atoms with Gasteiger partial charge in [-0.1, -0.05) is 12.8 Å². The minimum atomic E-state index is -0.147. The summed E-state index contributed by atoms with van der Waals surface area (Å²) >= 11 is 5.52. The summed E-state index contributed by atoms with van der Waals surface area (Å²) in [6.07, 6.45) is 4.32. The molecule has 0 aliphatic carbocycles. The quantitative estimate of drug-likeness (QED) is 0.462. The normalized spacial score (nSPS) is 11.1. The summed E-state index contributed by atoms with van der Waals surface area (Å²) in [6, 6.07) is 2.29. The van der Waals surface area contributed by atoms with Crippen LogP contribution >= 0.6 is 11.6 Å². The topological polar surface area (TPSA) is 23.8 Å². The maximum Gasteiger partial charge on any atom is 0.0683 e. The lowest BCUT2D eigenvalue weighted by Gasteiger charge is -2.13. The van der Waals surface area contributed by atoms with E-state index in [1.165, 1.54) is 0 Å². The molecule has 0 bridgehead atoms. The Morgan fingerprint density at radius 3 is 2.36 bits per heavy atom. The first-order valence-electron chi connectivity index (χ1n) is 4.09. The number of unbranched alkanes of at least 4 members (excludes halogenated alkanes) is 2. The van der Waals surface area contributed by atoms with Crippen LogP contribution in [0.15, 0.2) is 0 Å². The van der Waals surface area contributed by atoms with Crippen LogP contribution in [0.3, 0.4) is 0 Å². The molecule has 0 N–H and O–H groups in total. The van der Waals surface area contributed by atoms with Crippen molar-refractivity contribution in [3.8, 4) is 6.07 Å². The van der Waals surface area contributed by atoms with E-state index in [-0.39, 0.29) is 5.41 Å². The van der Waals surface area contributed by atoms with E-state index in [9.17, 15) is 0 Å².